The third kappa shape index (κ3) is 6.68. The predicted octanol–water partition coefficient (Wildman–Crippen LogP) is 5.42. The summed E-state index contributed by atoms with van der Waals surface area (Å²) in [5.74, 6) is -1.48. The Labute approximate surface area is 172 Å². The van der Waals surface area contributed by atoms with Gasteiger partial charge in [-0.15, -0.1) is 0 Å². The van der Waals surface area contributed by atoms with E-state index in [0.717, 1.165) is 29.2 Å². The highest BCUT2D eigenvalue weighted by Gasteiger charge is 2.34. The van der Waals surface area contributed by atoms with E-state index in [2.05, 4.69) is 5.32 Å². The first-order chi connectivity index (χ1) is 13.9. The third-order valence-electron chi connectivity index (χ3n) is 3.84. The van der Waals surface area contributed by atoms with Crippen LogP contribution < -0.4 is 5.32 Å². The number of carbonyl (C=O) groups is 2. The molecule has 0 saturated carbocycles. The summed E-state index contributed by atoms with van der Waals surface area (Å²) in [4.78, 5) is 25.7. The first kappa shape index (κ1) is 23.6. The van der Waals surface area contributed by atoms with Gasteiger partial charge in [0.15, 0.2) is 0 Å². The van der Waals surface area contributed by atoms with E-state index in [1.54, 1.807) is 6.92 Å². The van der Waals surface area contributed by atoms with Crippen LogP contribution in [0.15, 0.2) is 53.4 Å². The number of hydrogen-bond acceptors (Lipinski definition) is 3. The summed E-state index contributed by atoms with van der Waals surface area (Å²) in [5.41, 5.74) is -5.88. The van der Waals surface area contributed by atoms with E-state index in [9.17, 15) is 35.9 Å². The van der Waals surface area contributed by atoms with Crippen molar-refractivity contribution in [3.05, 3.63) is 59.7 Å². The highest BCUT2D eigenvalue weighted by Crippen LogP contribution is 2.37. The Balaban J connectivity index is 2.08. The zero-order valence-electron chi connectivity index (χ0n) is 15.5. The maximum Gasteiger partial charge on any atom is 0.446 e. The second kappa shape index (κ2) is 9.41. The van der Waals surface area contributed by atoms with Gasteiger partial charge in [-0.2, -0.15) is 26.3 Å². The molecule has 30 heavy (non-hydrogen) atoms. The van der Waals surface area contributed by atoms with Gasteiger partial charge in [0, 0.05) is 17.0 Å². The highest BCUT2D eigenvalue weighted by atomic mass is 32.2. The number of benzene rings is 2. The van der Waals surface area contributed by atoms with E-state index in [1.165, 1.54) is 24.3 Å². The average Bonchev–Trinajstić information content (AvgIpc) is 2.64. The molecule has 0 spiro atoms. The van der Waals surface area contributed by atoms with Crippen LogP contribution in [-0.2, 0) is 11.0 Å². The standard InChI is InChI=1S/C19H16F6N2O2S/c1-2-27(17(29)12-7-9-13(10-8-12)30-19(23,24)25)11-16(28)26-15-6-4-3-5-14(15)18(20,21)22/h3-10H,2,11H2,1H3,(H,26,28). The van der Waals surface area contributed by atoms with Crippen molar-refractivity contribution in [3.8, 4) is 0 Å². The van der Waals surface area contributed by atoms with E-state index >= 15 is 0 Å². The van der Waals surface area contributed by atoms with Gasteiger partial charge in [-0.1, -0.05) is 12.1 Å². The minimum Gasteiger partial charge on any atom is -0.330 e. The molecule has 2 aromatic rings. The molecule has 0 radical (unpaired) electrons. The topological polar surface area (TPSA) is 49.4 Å². The zero-order chi connectivity index (χ0) is 22.5. The number of rotatable bonds is 6. The summed E-state index contributed by atoms with van der Waals surface area (Å²) in [6.45, 7) is 1.09. The van der Waals surface area contributed by atoms with Crippen LogP contribution in [0.2, 0.25) is 0 Å². The number of anilines is 1. The second-order valence-electron chi connectivity index (χ2n) is 5.98. The average molecular weight is 450 g/mol. The van der Waals surface area contributed by atoms with Crippen molar-refractivity contribution in [2.75, 3.05) is 18.4 Å². The largest absolute Gasteiger partial charge is 0.446 e. The van der Waals surface area contributed by atoms with Gasteiger partial charge in [0.2, 0.25) is 5.91 Å². The smallest absolute Gasteiger partial charge is 0.330 e. The molecular weight excluding hydrogens is 434 g/mol. The lowest BCUT2D eigenvalue weighted by Gasteiger charge is -2.21. The monoisotopic (exact) mass is 450 g/mol. The van der Waals surface area contributed by atoms with Crippen molar-refractivity contribution in [1.29, 1.82) is 0 Å². The van der Waals surface area contributed by atoms with Crippen molar-refractivity contribution in [2.24, 2.45) is 0 Å². The molecule has 0 heterocycles. The maximum absolute atomic E-state index is 13.0. The number of alkyl halides is 6. The van der Waals surface area contributed by atoms with E-state index in [-0.39, 0.29) is 28.8 Å². The Morgan fingerprint density at radius 1 is 0.967 bits per heavy atom. The Hall–Kier alpha value is -2.69. The predicted molar refractivity (Wildman–Crippen MR) is 100 cm³/mol. The van der Waals surface area contributed by atoms with Crippen molar-refractivity contribution in [3.63, 3.8) is 0 Å². The normalized spacial score (nSPS) is 11.8. The van der Waals surface area contributed by atoms with Crippen molar-refractivity contribution in [1.82, 2.24) is 4.90 Å². The van der Waals surface area contributed by atoms with Crippen molar-refractivity contribution in [2.45, 2.75) is 23.5 Å². The first-order valence-electron chi connectivity index (χ1n) is 8.52. The van der Waals surface area contributed by atoms with E-state index < -0.39 is 41.3 Å². The molecule has 0 aromatic heterocycles. The van der Waals surface area contributed by atoms with Gasteiger partial charge < -0.3 is 10.2 Å². The molecule has 162 valence electrons. The lowest BCUT2D eigenvalue weighted by molar-refractivity contribution is -0.137. The zero-order valence-corrected chi connectivity index (χ0v) is 16.3. The lowest BCUT2D eigenvalue weighted by atomic mass is 10.1. The minimum atomic E-state index is -4.67. The molecule has 0 fully saturated rings. The fraction of sp³-hybridized carbons (Fsp3) is 0.263. The number of nitrogens with one attached hydrogen (secondary N) is 1. The van der Waals surface area contributed by atoms with Crippen LogP contribution in [0, 0.1) is 0 Å². The van der Waals surface area contributed by atoms with Crippen LogP contribution in [0.5, 0.6) is 0 Å². The lowest BCUT2D eigenvalue weighted by Crippen LogP contribution is -2.38. The summed E-state index contributed by atoms with van der Waals surface area (Å²) >= 11 is -0.330. The van der Waals surface area contributed by atoms with Gasteiger partial charge in [-0.25, -0.2) is 0 Å². The molecule has 0 unspecified atom stereocenters. The second-order valence-corrected chi connectivity index (χ2v) is 7.12. The first-order valence-corrected chi connectivity index (χ1v) is 9.33. The molecule has 2 rings (SSSR count). The van der Waals surface area contributed by atoms with Crippen LogP contribution in [0.1, 0.15) is 22.8 Å². The van der Waals surface area contributed by atoms with Gasteiger partial charge in [0.1, 0.15) is 6.54 Å². The number of halogens is 6. The SMILES string of the molecule is CCN(CC(=O)Nc1ccccc1C(F)(F)F)C(=O)c1ccc(SC(F)(F)F)cc1. The number of carbonyl (C=O) groups excluding carboxylic acids is 2. The van der Waals surface area contributed by atoms with Crippen LogP contribution in [-0.4, -0.2) is 35.3 Å². The van der Waals surface area contributed by atoms with Gasteiger partial charge in [-0.05, 0) is 55.1 Å². The molecule has 11 heteroatoms. The number of thioether (sulfide) groups is 1. The molecule has 2 aromatic carbocycles. The Bertz CT molecular complexity index is 897. The van der Waals surface area contributed by atoms with E-state index in [4.69, 9.17) is 0 Å². The van der Waals surface area contributed by atoms with E-state index in [1.807, 2.05) is 0 Å². The molecule has 1 N–H and O–H groups in total. The van der Waals surface area contributed by atoms with Crippen LogP contribution in [0.4, 0.5) is 32.0 Å². The third-order valence-corrected chi connectivity index (χ3v) is 4.58. The molecule has 0 saturated heterocycles. The minimum absolute atomic E-state index is 0.0480. The maximum atomic E-state index is 13.0. The summed E-state index contributed by atoms with van der Waals surface area (Å²) in [6, 6.07) is 9.05. The molecule has 0 aliphatic rings. The van der Waals surface area contributed by atoms with Crippen LogP contribution in [0.3, 0.4) is 0 Å². The quantitative estimate of drug-likeness (QED) is 0.473. The molecule has 4 nitrogen and oxygen atoms in total. The van der Waals surface area contributed by atoms with Gasteiger partial charge in [0.05, 0.1) is 11.3 Å². The van der Waals surface area contributed by atoms with E-state index in [0.29, 0.717) is 0 Å². The van der Waals surface area contributed by atoms with Crippen LogP contribution >= 0.6 is 11.8 Å². The molecule has 0 atom stereocenters. The Morgan fingerprint density at radius 2 is 1.57 bits per heavy atom. The molecule has 0 bridgehead atoms. The van der Waals surface area contributed by atoms with Gasteiger partial charge in [0.25, 0.3) is 5.91 Å². The fourth-order valence-electron chi connectivity index (χ4n) is 2.51. The highest BCUT2D eigenvalue weighted by molar-refractivity contribution is 8.00. The van der Waals surface area contributed by atoms with Gasteiger partial charge in [-0.3, -0.25) is 9.59 Å². The molecule has 0 aliphatic heterocycles. The molecule has 0 aliphatic carbocycles. The summed E-state index contributed by atoms with van der Waals surface area (Å²) in [7, 11) is 0. The number of nitrogens with zero attached hydrogens (tertiary/aromatic N) is 1. The number of likely N-dealkylation sites (N-methyl/N-ethyl adjacent to an activating group) is 1. The molecule has 2 amide bonds. The van der Waals surface area contributed by atoms with Crippen molar-refractivity contribution < 1.29 is 35.9 Å². The Morgan fingerprint density at radius 3 is 2.10 bits per heavy atom. The Kier molecular flexibility index (Phi) is 7.40. The fourth-order valence-corrected chi connectivity index (χ4v) is 3.05. The number of hydrogen-bond donors (Lipinski definition) is 1. The van der Waals surface area contributed by atoms with Gasteiger partial charge >= 0.3 is 11.7 Å². The number of para-hydroxylation sites is 1. The van der Waals surface area contributed by atoms with Crippen molar-refractivity contribution >= 4 is 29.3 Å². The van der Waals surface area contributed by atoms with Crippen LogP contribution in [0.25, 0.3) is 0 Å². The molecular formula is C19H16F6N2O2S. The summed E-state index contributed by atoms with van der Waals surface area (Å²) < 4.78 is 76.2. The number of amides is 2. The summed E-state index contributed by atoms with van der Waals surface area (Å²) in [6.07, 6.45) is -4.67. The summed E-state index contributed by atoms with van der Waals surface area (Å²) in [5, 5.41) is 2.14.